The molecule has 0 radical (unpaired) electrons. The zero-order valence-corrected chi connectivity index (χ0v) is 15.8. The second kappa shape index (κ2) is 7.66. The lowest BCUT2D eigenvalue weighted by molar-refractivity contribution is -0.144. The first-order valence-electron chi connectivity index (χ1n) is 9.41. The van der Waals surface area contributed by atoms with E-state index >= 15 is 0 Å². The van der Waals surface area contributed by atoms with Gasteiger partial charge < -0.3 is 19.3 Å². The summed E-state index contributed by atoms with van der Waals surface area (Å²) in [5.74, 6) is 0.212. The molecular formula is C19H26N2O4S. The summed E-state index contributed by atoms with van der Waals surface area (Å²) in [6.07, 6.45) is 2.14. The lowest BCUT2D eigenvalue weighted by Gasteiger charge is -2.39. The number of rotatable bonds is 3. The van der Waals surface area contributed by atoms with Gasteiger partial charge in [-0.25, -0.2) is 0 Å². The normalized spacial score (nSPS) is 25.6. The number of likely N-dealkylation sites (tertiary alicyclic amines) is 1. The van der Waals surface area contributed by atoms with Gasteiger partial charge in [-0.1, -0.05) is 0 Å². The van der Waals surface area contributed by atoms with Crippen LogP contribution in [-0.4, -0.2) is 74.2 Å². The van der Waals surface area contributed by atoms with Crippen LogP contribution in [0.25, 0.3) is 0 Å². The van der Waals surface area contributed by atoms with Gasteiger partial charge in [-0.05, 0) is 35.2 Å². The van der Waals surface area contributed by atoms with Crippen molar-refractivity contribution in [3.05, 3.63) is 22.4 Å². The van der Waals surface area contributed by atoms with Gasteiger partial charge >= 0.3 is 0 Å². The topological polar surface area (TPSA) is 59.1 Å². The van der Waals surface area contributed by atoms with Gasteiger partial charge in [0.15, 0.2) is 0 Å². The highest BCUT2D eigenvalue weighted by atomic mass is 32.1. The summed E-state index contributed by atoms with van der Waals surface area (Å²) in [6, 6.07) is 2.00. The summed E-state index contributed by atoms with van der Waals surface area (Å²) >= 11 is 1.61. The molecular weight excluding hydrogens is 352 g/mol. The predicted molar refractivity (Wildman–Crippen MR) is 98.0 cm³/mol. The Morgan fingerprint density at radius 1 is 1.12 bits per heavy atom. The number of hydrogen-bond acceptors (Lipinski definition) is 5. The molecule has 3 fully saturated rings. The summed E-state index contributed by atoms with van der Waals surface area (Å²) in [5.41, 5.74) is 0.932. The van der Waals surface area contributed by atoms with Gasteiger partial charge in [0.2, 0.25) is 11.8 Å². The Hall–Kier alpha value is -1.44. The summed E-state index contributed by atoms with van der Waals surface area (Å²) in [4.78, 5) is 29.9. The first-order valence-corrected chi connectivity index (χ1v) is 10.4. The summed E-state index contributed by atoms with van der Waals surface area (Å²) in [6.45, 7) is 5.11. The van der Waals surface area contributed by atoms with Gasteiger partial charge in [0.25, 0.3) is 0 Å². The van der Waals surface area contributed by atoms with Crippen LogP contribution in [0.4, 0.5) is 0 Å². The molecule has 0 saturated carbocycles. The van der Waals surface area contributed by atoms with E-state index < -0.39 is 0 Å². The molecule has 1 spiro atoms. The van der Waals surface area contributed by atoms with Crippen molar-refractivity contribution in [2.75, 3.05) is 52.6 Å². The molecule has 0 bridgehead atoms. The number of hydrogen-bond donors (Lipinski definition) is 0. The fourth-order valence-electron chi connectivity index (χ4n) is 4.47. The Kier molecular flexibility index (Phi) is 5.29. The van der Waals surface area contributed by atoms with Crippen molar-refractivity contribution in [1.29, 1.82) is 0 Å². The van der Waals surface area contributed by atoms with Crippen LogP contribution in [0, 0.1) is 11.3 Å². The molecule has 6 nitrogen and oxygen atoms in total. The maximum absolute atomic E-state index is 13.3. The van der Waals surface area contributed by atoms with Crippen molar-refractivity contribution in [1.82, 2.24) is 9.80 Å². The van der Waals surface area contributed by atoms with Crippen LogP contribution < -0.4 is 0 Å². The van der Waals surface area contributed by atoms with Gasteiger partial charge in [-0.2, -0.15) is 11.3 Å². The molecule has 3 aliphatic heterocycles. The van der Waals surface area contributed by atoms with Crippen LogP contribution >= 0.6 is 11.3 Å². The van der Waals surface area contributed by atoms with Crippen molar-refractivity contribution < 1.29 is 19.1 Å². The Bertz CT molecular complexity index is 636. The number of nitrogens with zero attached hydrogens (tertiary/aromatic N) is 2. The minimum absolute atomic E-state index is 0.115. The van der Waals surface area contributed by atoms with E-state index in [2.05, 4.69) is 0 Å². The van der Waals surface area contributed by atoms with E-state index in [0.717, 1.165) is 18.4 Å². The molecule has 0 aromatic carbocycles. The zero-order valence-electron chi connectivity index (χ0n) is 15.0. The third-order valence-electron chi connectivity index (χ3n) is 6.05. The highest BCUT2D eigenvalue weighted by Crippen LogP contribution is 2.45. The number of thiophene rings is 1. The van der Waals surface area contributed by atoms with E-state index in [1.807, 2.05) is 26.6 Å². The smallest absolute Gasteiger partial charge is 0.228 e. The first kappa shape index (κ1) is 17.9. The molecule has 3 saturated heterocycles. The molecule has 1 aromatic rings. The van der Waals surface area contributed by atoms with Crippen molar-refractivity contribution in [3.8, 4) is 0 Å². The second-order valence-corrected chi connectivity index (χ2v) is 8.33. The molecule has 4 rings (SSSR count). The summed E-state index contributed by atoms with van der Waals surface area (Å²) in [7, 11) is 0. The molecule has 0 N–H and O–H groups in total. The minimum Gasteiger partial charge on any atom is -0.381 e. The lowest BCUT2D eigenvalue weighted by Crippen LogP contribution is -2.49. The van der Waals surface area contributed by atoms with Crippen LogP contribution in [0.15, 0.2) is 16.8 Å². The van der Waals surface area contributed by atoms with Crippen molar-refractivity contribution in [2.45, 2.75) is 19.3 Å². The second-order valence-electron chi connectivity index (χ2n) is 7.55. The Balaban J connectivity index is 1.50. The fourth-order valence-corrected chi connectivity index (χ4v) is 5.14. The number of morpholine rings is 1. The van der Waals surface area contributed by atoms with E-state index in [0.29, 0.717) is 59.0 Å². The maximum Gasteiger partial charge on any atom is 0.228 e. The Labute approximate surface area is 158 Å². The lowest BCUT2D eigenvalue weighted by atomic mass is 9.71. The Morgan fingerprint density at radius 3 is 2.54 bits per heavy atom. The van der Waals surface area contributed by atoms with Gasteiger partial charge in [0, 0.05) is 44.8 Å². The molecule has 3 aliphatic rings. The molecule has 0 aliphatic carbocycles. The van der Waals surface area contributed by atoms with E-state index in [-0.39, 0.29) is 23.1 Å². The molecule has 1 aromatic heterocycles. The van der Waals surface area contributed by atoms with Crippen molar-refractivity contribution in [3.63, 3.8) is 0 Å². The SMILES string of the molecule is O=C(Cc1ccsc1)N1C[C@H](C(=O)N2CCOCC2)C2(CCOCC2)C1. The van der Waals surface area contributed by atoms with E-state index in [9.17, 15) is 9.59 Å². The molecule has 1 atom stereocenters. The standard InChI is InChI=1S/C19H26N2O4S/c22-17(11-15-1-10-26-13-15)21-12-16(18(23)20-4-8-25-9-5-20)19(14-21)2-6-24-7-3-19/h1,10,13,16H,2-9,11-12,14H2/t16-/m1/s1. The van der Waals surface area contributed by atoms with Crippen molar-refractivity contribution in [2.24, 2.45) is 11.3 Å². The van der Waals surface area contributed by atoms with Gasteiger partial charge in [0.05, 0.1) is 25.6 Å². The molecule has 4 heterocycles. The van der Waals surface area contributed by atoms with E-state index in [1.165, 1.54) is 0 Å². The summed E-state index contributed by atoms with van der Waals surface area (Å²) in [5, 5.41) is 4.02. The molecule has 2 amide bonds. The maximum atomic E-state index is 13.3. The molecule has 26 heavy (non-hydrogen) atoms. The summed E-state index contributed by atoms with van der Waals surface area (Å²) < 4.78 is 11.0. The number of ether oxygens (including phenoxy) is 2. The van der Waals surface area contributed by atoms with Crippen LogP contribution in [0.1, 0.15) is 18.4 Å². The van der Waals surface area contributed by atoms with Gasteiger partial charge in [-0.3, -0.25) is 9.59 Å². The van der Waals surface area contributed by atoms with E-state index in [4.69, 9.17) is 9.47 Å². The number of amides is 2. The molecule has 7 heteroatoms. The molecule has 0 unspecified atom stereocenters. The highest BCUT2D eigenvalue weighted by Gasteiger charge is 2.52. The average molecular weight is 378 g/mol. The third-order valence-corrected chi connectivity index (χ3v) is 6.78. The van der Waals surface area contributed by atoms with Crippen LogP contribution in [0.2, 0.25) is 0 Å². The van der Waals surface area contributed by atoms with Crippen LogP contribution in [0.3, 0.4) is 0 Å². The number of carbonyl (C=O) groups is 2. The van der Waals surface area contributed by atoms with Gasteiger partial charge in [-0.15, -0.1) is 0 Å². The fraction of sp³-hybridized carbons (Fsp3) is 0.684. The number of carbonyl (C=O) groups excluding carboxylic acids is 2. The zero-order chi connectivity index (χ0) is 18.0. The Morgan fingerprint density at radius 2 is 1.85 bits per heavy atom. The third kappa shape index (κ3) is 3.52. The first-order chi connectivity index (χ1) is 12.7. The van der Waals surface area contributed by atoms with Crippen LogP contribution in [0.5, 0.6) is 0 Å². The van der Waals surface area contributed by atoms with Gasteiger partial charge in [0.1, 0.15) is 0 Å². The average Bonchev–Trinajstić information content (AvgIpc) is 3.31. The molecule has 142 valence electrons. The van der Waals surface area contributed by atoms with Crippen LogP contribution in [-0.2, 0) is 25.5 Å². The van der Waals surface area contributed by atoms with E-state index in [1.54, 1.807) is 11.3 Å². The minimum atomic E-state index is -0.127. The largest absolute Gasteiger partial charge is 0.381 e. The van der Waals surface area contributed by atoms with Crippen molar-refractivity contribution >= 4 is 23.2 Å². The monoisotopic (exact) mass is 378 g/mol. The quantitative estimate of drug-likeness (QED) is 0.798. The predicted octanol–water partition coefficient (Wildman–Crippen LogP) is 1.40. The highest BCUT2D eigenvalue weighted by molar-refractivity contribution is 7.08.